The van der Waals surface area contributed by atoms with Gasteiger partial charge in [0.05, 0.1) is 17.3 Å². The van der Waals surface area contributed by atoms with Crippen molar-refractivity contribution in [2.75, 3.05) is 10.6 Å². The van der Waals surface area contributed by atoms with E-state index in [0.717, 1.165) is 6.07 Å². The molecule has 0 aliphatic rings. The first-order chi connectivity index (χ1) is 14.6. The second-order valence-electron chi connectivity index (χ2n) is 6.31. The summed E-state index contributed by atoms with van der Waals surface area (Å²) < 4.78 is 20.1. The van der Waals surface area contributed by atoms with Crippen LogP contribution in [0.15, 0.2) is 67.3 Å². The lowest BCUT2D eigenvalue weighted by Crippen LogP contribution is -2.21. The maximum Gasteiger partial charge on any atom is 0.233 e. The van der Waals surface area contributed by atoms with Crippen molar-refractivity contribution in [3.8, 4) is 11.5 Å². The third-order valence-corrected chi connectivity index (χ3v) is 4.12. The molecular formula is C21H16FN5O3. The molecule has 150 valence electrons. The van der Waals surface area contributed by atoms with Crippen molar-refractivity contribution in [1.29, 1.82) is 0 Å². The van der Waals surface area contributed by atoms with Crippen LogP contribution >= 0.6 is 0 Å². The van der Waals surface area contributed by atoms with Gasteiger partial charge in [0, 0.05) is 30.3 Å². The molecule has 2 amide bonds. The summed E-state index contributed by atoms with van der Waals surface area (Å²) in [5.41, 5.74) is 1.32. The van der Waals surface area contributed by atoms with Crippen molar-refractivity contribution in [3.63, 3.8) is 0 Å². The van der Waals surface area contributed by atoms with Crippen LogP contribution in [0.1, 0.15) is 6.42 Å². The Morgan fingerprint density at radius 2 is 1.83 bits per heavy atom. The van der Waals surface area contributed by atoms with E-state index in [1.54, 1.807) is 42.9 Å². The summed E-state index contributed by atoms with van der Waals surface area (Å²) in [5.74, 6) is -1.30. The highest BCUT2D eigenvalue weighted by molar-refractivity contribution is 6.08. The highest BCUT2D eigenvalue weighted by Gasteiger charge is 2.13. The van der Waals surface area contributed by atoms with Gasteiger partial charge < -0.3 is 20.4 Å². The van der Waals surface area contributed by atoms with Gasteiger partial charge in [0.25, 0.3) is 0 Å². The van der Waals surface area contributed by atoms with Crippen LogP contribution in [-0.4, -0.2) is 26.8 Å². The van der Waals surface area contributed by atoms with E-state index in [2.05, 4.69) is 25.6 Å². The molecule has 0 atom stereocenters. The molecule has 0 aliphatic heterocycles. The Labute approximate surface area is 170 Å². The molecular weight excluding hydrogens is 389 g/mol. The number of halogens is 1. The summed E-state index contributed by atoms with van der Waals surface area (Å²) in [6.07, 6.45) is 5.88. The quantitative estimate of drug-likeness (QED) is 0.422. The van der Waals surface area contributed by atoms with Gasteiger partial charge in [-0.2, -0.15) is 0 Å². The van der Waals surface area contributed by atoms with Crippen LogP contribution < -0.4 is 15.4 Å². The first-order valence-corrected chi connectivity index (χ1v) is 8.98. The molecule has 0 spiro atoms. The molecule has 30 heavy (non-hydrogen) atoms. The van der Waals surface area contributed by atoms with Gasteiger partial charge in [0.2, 0.25) is 11.8 Å². The number of pyridine rings is 2. The van der Waals surface area contributed by atoms with Gasteiger partial charge in [-0.25, -0.2) is 9.37 Å². The fourth-order valence-corrected chi connectivity index (χ4v) is 2.80. The minimum atomic E-state index is -0.659. The monoisotopic (exact) mass is 405 g/mol. The number of nitrogens with one attached hydrogen (secondary N) is 3. The molecule has 0 saturated carbocycles. The second kappa shape index (κ2) is 8.39. The van der Waals surface area contributed by atoms with Crippen LogP contribution in [0.5, 0.6) is 11.5 Å². The Hall–Kier alpha value is -4.27. The molecule has 0 fully saturated rings. The number of carbonyl (C=O) groups excluding carboxylic acids is 2. The smallest absolute Gasteiger partial charge is 0.233 e. The standard InChI is InChI=1S/C21H16FN5O3/c22-16-10-13(26-19(28)11-20(29)27-14-2-1-7-23-12-14)3-4-18(16)30-17-6-9-25-21-15(17)5-8-24-21/h1-10,12H,11H2,(H,24,25)(H,26,28)(H,27,29). The average molecular weight is 405 g/mol. The number of amides is 2. The van der Waals surface area contributed by atoms with Gasteiger partial charge in [0.1, 0.15) is 17.8 Å². The number of hydrogen-bond donors (Lipinski definition) is 3. The highest BCUT2D eigenvalue weighted by atomic mass is 19.1. The number of nitrogens with zero attached hydrogens (tertiary/aromatic N) is 2. The number of H-pyrrole nitrogens is 1. The van der Waals surface area contributed by atoms with Gasteiger partial charge in [-0.05, 0) is 36.4 Å². The van der Waals surface area contributed by atoms with Gasteiger partial charge in [-0.1, -0.05) is 0 Å². The van der Waals surface area contributed by atoms with Crippen molar-refractivity contribution in [2.45, 2.75) is 6.42 Å². The SMILES string of the molecule is O=C(CC(=O)Nc1ccc(Oc2ccnc3[nH]ccc23)c(F)c1)Nc1cccnc1. The third kappa shape index (κ3) is 4.41. The summed E-state index contributed by atoms with van der Waals surface area (Å²) in [7, 11) is 0. The maximum absolute atomic E-state index is 14.5. The summed E-state index contributed by atoms with van der Waals surface area (Å²) in [6, 6.07) is 10.7. The highest BCUT2D eigenvalue weighted by Crippen LogP contribution is 2.31. The van der Waals surface area contributed by atoms with E-state index in [4.69, 9.17) is 4.74 Å². The number of benzene rings is 1. The van der Waals surface area contributed by atoms with Gasteiger partial charge in [0.15, 0.2) is 11.6 Å². The number of fused-ring (bicyclic) bond motifs is 1. The van der Waals surface area contributed by atoms with Crippen LogP contribution in [0.3, 0.4) is 0 Å². The van der Waals surface area contributed by atoms with Crippen LogP contribution in [-0.2, 0) is 9.59 Å². The third-order valence-electron chi connectivity index (χ3n) is 4.12. The number of anilines is 2. The molecule has 3 N–H and O–H groups in total. The molecule has 9 heteroatoms. The van der Waals surface area contributed by atoms with E-state index in [9.17, 15) is 14.0 Å². The summed E-state index contributed by atoms with van der Waals surface area (Å²) in [4.78, 5) is 35.0. The van der Waals surface area contributed by atoms with E-state index in [0.29, 0.717) is 22.5 Å². The summed E-state index contributed by atoms with van der Waals surface area (Å²) in [6.45, 7) is 0. The predicted molar refractivity (Wildman–Crippen MR) is 109 cm³/mol. The first-order valence-electron chi connectivity index (χ1n) is 8.98. The predicted octanol–water partition coefficient (Wildman–Crippen LogP) is 3.86. The lowest BCUT2D eigenvalue weighted by molar-refractivity contribution is -0.123. The van der Waals surface area contributed by atoms with Gasteiger partial charge in [-0.15, -0.1) is 0 Å². The zero-order valence-corrected chi connectivity index (χ0v) is 15.6. The molecule has 3 heterocycles. The molecule has 0 saturated heterocycles. The number of ether oxygens (including phenoxy) is 1. The molecule has 3 aromatic heterocycles. The summed E-state index contributed by atoms with van der Waals surface area (Å²) in [5, 5.41) is 5.76. The van der Waals surface area contributed by atoms with Gasteiger partial charge in [-0.3, -0.25) is 14.6 Å². The molecule has 0 aliphatic carbocycles. The topological polar surface area (TPSA) is 109 Å². The van der Waals surface area contributed by atoms with Crippen LogP contribution in [0, 0.1) is 5.82 Å². The van der Waals surface area contributed by atoms with E-state index in [1.165, 1.54) is 18.3 Å². The fourth-order valence-electron chi connectivity index (χ4n) is 2.80. The van der Waals surface area contributed by atoms with Crippen LogP contribution in [0.25, 0.3) is 11.0 Å². The molecule has 0 bridgehead atoms. The number of hydrogen-bond acceptors (Lipinski definition) is 5. The Morgan fingerprint density at radius 1 is 1.00 bits per heavy atom. The van der Waals surface area contributed by atoms with Crippen LogP contribution in [0.4, 0.5) is 15.8 Å². The lowest BCUT2D eigenvalue weighted by atomic mass is 10.2. The minimum absolute atomic E-state index is 0.00369. The van der Waals surface area contributed by atoms with E-state index in [-0.39, 0.29) is 11.4 Å². The Balaban J connectivity index is 1.39. The largest absolute Gasteiger partial charge is 0.453 e. The Morgan fingerprint density at radius 3 is 2.60 bits per heavy atom. The first kappa shape index (κ1) is 19.1. The minimum Gasteiger partial charge on any atom is -0.453 e. The number of aromatic nitrogens is 3. The van der Waals surface area contributed by atoms with E-state index >= 15 is 0 Å². The molecule has 1 aromatic carbocycles. The second-order valence-corrected chi connectivity index (χ2v) is 6.31. The van der Waals surface area contributed by atoms with Gasteiger partial charge >= 0.3 is 0 Å². The maximum atomic E-state index is 14.5. The number of carbonyl (C=O) groups is 2. The van der Waals surface area contributed by atoms with Crippen molar-refractivity contribution < 1.29 is 18.7 Å². The normalized spacial score (nSPS) is 10.6. The summed E-state index contributed by atoms with van der Waals surface area (Å²) >= 11 is 0. The Bertz CT molecular complexity index is 1210. The van der Waals surface area contributed by atoms with Crippen molar-refractivity contribution >= 4 is 34.2 Å². The fraction of sp³-hybridized carbons (Fsp3) is 0.0476. The number of rotatable bonds is 6. The van der Waals surface area contributed by atoms with E-state index < -0.39 is 24.1 Å². The van der Waals surface area contributed by atoms with Crippen molar-refractivity contribution in [1.82, 2.24) is 15.0 Å². The average Bonchev–Trinajstić information content (AvgIpc) is 3.20. The zero-order chi connectivity index (χ0) is 20.9. The molecule has 4 rings (SSSR count). The lowest BCUT2D eigenvalue weighted by Gasteiger charge is -2.10. The molecule has 0 unspecified atom stereocenters. The van der Waals surface area contributed by atoms with E-state index in [1.807, 2.05) is 0 Å². The molecule has 4 aromatic rings. The van der Waals surface area contributed by atoms with Crippen molar-refractivity contribution in [2.24, 2.45) is 0 Å². The zero-order valence-electron chi connectivity index (χ0n) is 15.6. The van der Waals surface area contributed by atoms with Crippen LogP contribution in [0.2, 0.25) is 0 Å². The molecule has 8 nitrogen and oxygen atoms in total. The molecule has 0 radical (unpaired) electrons. The number of aromatic amines is 1. The van der Waals surface area contributed by atoms with Crippen molar-refractivity contribution in [3.05, 3.63) is 73.1 Å². The Kier molecular flexibility index (Phi) is 5.33.